The summed E-state index contributed by atoms with van der Waals surface area (Å²) in [5.74, 6) is -0.596. The maximum atomic E-state index is 12.0. The van der Waals surface area contributed by atoms with Crippen molar-refractivity contribution >= 4 is 11.6 Å². The molecule has 0 radical (unpaired) electrons. The van der Waals surface area contributed by atoms with E-state index < -0.39 is 10.8 Å². The van der Waals surface area contributed by atoms with Crippen molar-refractivity contribution in [1.82, 2.24) is 15.3 Å². The highest BCUT2D eigenvalue weighted by Crippen LogP contribution is 2.20. The van der Waals surface area contributed by atoms with Crippen LogP contribution in [0.2, 0.25) is 0 Å². The molecule has 0 bridgehead atoms. The Balaban J connectivity index is 1.92. The first-order chi connectivity index (χ1) is 10.1. The van der Waals surface area contributed by atoms with E-state index in [1.54, 1.807) is 31.6 Å². The molecule has 0 aliphatic rings. The Kier molecular flexibility index (Phi) is 4.65. The molecule has 0 aliphatic carbocycles. The number of benzene rings is 1. The van der Waals surface area contributed by atoms with Gasteiger partial charge in [0.2, 0.25) is 5.91 Å². The van der Waals surface area contributed by atoms with Gasteiger partial charge in [-0.1, -0.05) is 12.1 Å². The second kappa shape index (κ2) is 6.65. The van der Waals surface area contributed by atoms with Gasteiger partial charge in [-0.05, 0) is 12.5 Å². The van der Waals surface area contributed by atoms with Crippen LogP contribution < -0.4 is 5.32 Å². The molecule has 1 amide bonds. The predicted molar refractivity (Wildman–Crippen MR) is 76.8 cm³/mol. The van der Waals surface area contributed by atoms with Crippen LogP contribution in [-0.4, -0.2) is 27.3 Å². The predicted octanol–water partition coefficient (Wildman–Crippen LogP) is 1.78. The Bertz CT molecular complexity index is 625. The average molecular weight is 288 g/mol. The summed E-state index contributed by atoms with van der Waals surface area (Å²) in [6.45, 7) is 2.21. The van der Waals surface area contributed by atoms with Crippen LogP contribution in [0.15, 0.2) is 36.8 Å². The van der Waals surface area contributed by atoms with Gasteiger partial charge in [-0.2, -0.15) is 0 Å². The Morgan fingerprint density at radius 1 is 1.52 bits per heavy atom. The van der Waals surface area contributed by atoms with Crippen molar-refractivity contribution in [3.05, 3.63) is 58.2 Å². The minimum Gasteiger partial charge on any atom is -0.355 e. The quantitative estimate of drug-likeness (QED) is 0.625. The van der Waals surface area contributed by atoms with Crippen LogP contribution in [-0.2, 0) is 11.2 Å². The summed E-state index contributed by atoms with van der Waals surface area (Å²) in [5.41, 5.74) is 1.56. The lowest BCUT2D eigenvalue weighted by atomic mass is 10.00. The highest BCUT2D eigenvalue weighted by molar-refractivity contribution is 5.83. The maximum Gasteiger partial charge on any atom is 0.269 e. The number of hydrogen-bond donors (Lipinski definition) is 2. The molecule has 1 aromatic heterocycles. The number of carbonyl (C=O) groups is 1. The first kappa shape index (κ1) is 14.7. The fourth-order valence-electron chi connectivity index (χ4n) is 1.95. The molecule has 1 heterocycles. The lowest BCUT2D eigenvalue weighted by Gasteiger charge is -2.12. The first-order valence-electron chi connectivity index (χ1n) is 6.57. The van der Waals surface area contributed by atoms with Crippen LogP contribution >= 0.6 is 0 Å². The molecule has 0 aliphatic heterocycles. The van der Waals surface area contributed by atoms with Crippen molar-refractivity contribution in [3.63, 3.8) is 0 Å². The fraction of sp³-hybridized carbons (Fsp3) is 0.286. The molecule has 0 spiro atoms. The van der Waals surface area contributed by atoms with Gasteiger partial charge in [-0.3, -0.25) is 14.9 Å². The molecule has 1 atom stereocenters. The summed E-state index contributed by atoms with van der Waals surface area (Å²) in [7, 11) is 0. The highest BCUT2D eigenvalue weighted by atomic mass is 16.6. The average Bonchev–Trinajstić information content (AvgIpc) is 2.99. The van der Waals surface area contributed by atoms with Crippen LogP contribution in [0.1, 0.15) is 24.1 Å². The number of aromatic amines is 1. The summed E-state index contributed by atoms with van der Waals surface area (Å²) in [4.78, 5) is 29.2. The smallest absolute Gasteiger partial charge is 0.269 e. The van der Waals surface area contributed by atoms with E-state index in [1.165, 1.54) is 12.1 Å². The maximum absolute atomic E-state index is 12.0. The SMILES string of the molecule is CC(C(=O)NCCc1cnc[nH]1)c1cccc([N+](=O)[O-])c1. The molecule has 21 heavy (non-hydrogen) atoms. The lowest BCUT2D eigenvalue weighted by molar-refractivity contribution is -0.384. The monoisotopic (exact) mass is 288 g/mol. The number of rotatable bonds is 6. The van der Waals surface area contributed by atoms with Gasteiger partial charge in [0, 0.05) is 37.0 Å². The summed E-state index contributed by atoms with van der Waals surface area (Å²) in [6, 6.07) is 6.14. The van der Waals surface area contributed by atoms with E-state index in [0.29, 0.717) is 18.5 Å². The molecule has 1 aromatic carbocycles. The highest BCUT2D eigenvalue weighted by Gasteiger charge is 2.17. The third-order valence-corrected chi connectivity index (χ3v) is 3.22. The molecule has 2 aromatic rings. The van der Waals surface area contributed by atoms with E-state index in [0.717, 1.165) is 5.69 Å². The van der Waals surface area contributed by atoms with E-state index in [-0.39, 0.29) is 11.6 Å². The van der Waals surface area contributed by atoms with Gasteiger partial charge in [-0.25, -0.2) is 4.98 Å². The zero-order valence-corrected chi connectivity index (χ0v) is 11.6. The number of hydrogen-bond acceptors (Lipinski definition) is 4. The van der Waals surface area contributed by atoms with Gasteiger partial charge in [0.15, 0.2) is 0 Å². The normalized spacial score (nSPS) is 11.9. The third-order valence-electron chi connectivity index (χ3n) is 3.22. The molecule has 0 saturated heterocycles. The van der Waals surface area contributed by atoms with Crippen molar-refractivity contribution in [2.24, 2.45) is 0 Å². The largest absolute Gasteiger partial charge is 0.355 e. The summed E-state index contributed by atoms with van der Waals surface area (Å²) >= 11 is 0. The van der Waals surface area contributed by atoms with Gasteiger partial charge < -0.3 is 10.3 Å². The molecular weight excluding hydrogens is 272 g/mol. The Morgan fingerprint density at radius 2 is 2.33 bits per heavy atom. The Morgan fingerprint density at radius 3 is 3.00 bits per heavy atom. The van der Waals surface area contributed by atoms with Crippen molar-refractivity contribution in [2.75, 3.05) is 6.54 Å². The van der Waals surface area contributed by atoms with Crippen molar-refractivity contribution in [3.8, 4) is 0 Å². The van der Waals surface area contributed by atoms with E-state index in [4.69, 9.17) is 0 Å². The minimum absolute atomic E-state index is 0.00962. The summed E-state index contributed by atoms with van der Waals surface area (Å²) in [5, 5.41) is 13.6. The van der Waals surface area contributed by atoms with Crippen molar-refractivity contribution in [1.29, 1.82) is 0 Å². The second-order valence-corrected chi connectivity index (χ2v) is 4.69. The van der Waals surface area contributed by atoms with Gasteiger partial charge >= 0.3 is 0 Å². The topological polar surface area (TPSA) is 101 Å². The molecule has 2 N–H and O–H groups in total. The van der Waals surface area contributed by atoms with Gasteiger partial charge in [-0.15, -0.1) is 0 Å². The summed E-state index contributed by atoms with van der Waals surface area (Å²) < 4.78 is 0. The van der Waals surface area contributed by atoms with Crippen molar-refractivity contribution in [2.45, 2.75) is 19.3 Å². The van der Waals surface area contributed by atoms with Crippen LogP contribution in [0.25, 0.3) is 0 Å². The zero-order valence-electron chi connectivity index (χ0n) is 11.6. The Labute approximate surface area is 121 Å². The molecule has 0 saturated carbocycles. The number of nitrogens with zero attached hydrogens (tertiary/aromatic N) is 2. The third kappa shape index (κ3) is 3.88. The number of nitro groups is 1. The Hall–Kier alpha value is -2.70. The van der Waals surface area contributed by atoms with E-state index in [2.05, 4.69) is 15.3 Å². The number of aromatic nitrogens is 2. The molecular formula is C14H16N4O3. The number of amides is 1. The zero-order chi connectivity index (χ0) is 15.2. The van der Waals surface area contributed by atoms with Gasteiger partial charge in [0.05, 0.1) is 17.2 Å². The van der Waals surface area contributed by atoms with Crippen LogP contribution in [0, 0.1) is 10.1 Å². The van der Waals surface area contributed by atoms with E-state index in [1.807, 2.05) is 0 Å². The van der Waals surface area contributed by atoms with E-state index in [9.17, 15) is 14.9 Å². The molecule has 110 valence electrons. The molecule has 2 rings (SSSR count). The fourth-order valence-corrected chi connectivity index (χ4v) is 1.95. The number of non-ortho nitro benzene ring substituents is 1. The number of carbonyl (C=O) groups excluding carboxylic acids is 1. The van der Waals surface area contributed by atoms with Crippen molar-refractivity contribution < 1.29 is 9.72 Å². The standard InChI is InChI=1S/C14H16N4O3/c1-10(11-3-2-4-13(7-11)18(20)21)14(19)16-6-5-12-8-15-9-17-12/h2-4,7-10H,5-6H2,1H3,(H,15,17)(H,16,19). The van der Waals surface area contributed by atoms with Crippen LogP contribution in [0.4, 0.5) is 5.69 Å². The minimum atomic E-state index is -0.466. The number of H-pyrrole nitrogens is 1. The van der Waals surface area contributed by atoms with Gasteiger partial charge in [0.25, 0.3) is 5.69 Å². The van der Waals surface area contributed by atoms with E-state index >= 15 is 0 Å². The molecule has 1 unspecified atom stereocenters. The van der Waals surface area contributed by atoms with Gasteiger partial charge in [0.1, 0.15) is 0 Å². The first-order valence-corrected chi connectivity index (χ1v) is 6.57. The summed E-state index contributed by atoms with van der Waals surface area (Å²) in [6.07, 6.45) is 3.95. The van der Waals surface area contributed by atoms with Crippen LogP contribution in [0.3, 0.4) is 0 Å². The number of imidazole rings is 1. The second-order valence-electron chi connectivity index (χ2n) is 4.69. The molecule has 7 nitrogen and oxygen atoms in total. The number of nitrogens with one attached hydrogen (secondary N) is 2. The molecule has 7 heteroatoms. The van der Waals surface area contributed by atoms with Crippen LogP contribution in [0.5, 0.6) is 0 Å². The lowest BCUT2D eigenvalue weighted by Crippen LogP contribution is -2.29. The molecule has 0 fully saturated rings. The number of nitro benzene ring substituents is 1.